The molecule has 0 aliphatic carbocycles. The van der Waals surface area contributed by atoms with E-state index >= 15 is 0 Å². The SMILES string of the molecule is O=C(NCc1ccco1)[C@H]1C[C@H]2OCC[C@H]2N(c2ncc(F)cn2)C1. The quantitative estimate of drug-likeness (QED) is 0.904. The maximum atomic E-state index is 13.1. The van der Waals surface area contributed by atoms with Crippen LogP contribution in [0.25, 0.3) is 0 Å². The van der Waals surface area contributed by atoms with E-state index < -0.39 is 5.82 Å². The van der Waals surface area contributed by atoms with Gasteiger partial charge in [-0.15, -0.1) is 0 Å². The van der Waals surface area contributed by atoms with Crippen LogP contribution in [0.15, 0.2) is 35.2 Å². The number of carbonyl (C=O) groups is 1. The van der Waals surface area contributed by atoms with E-state index in [4.69, 9.17) is 9.15 Å². The van der Waals surface area contributed by atoms with Crippen molar-refractivity contribution in [2.75, 3.05) is 18.1 Å². The molecule has 2 fully saturated rings. The zero-order chi connectivity index (χ0) is 17.2. The number of amides is 1. The molecule has 0 unspecified atom stereocenters. The van der Waals surface area contributed by atoms with Crippen molar-refractivity contribution >= 4 is 11.9 Å². The Morgan fingerprint density at radius 2 is 2.24 bits per heavy atom. The fourth-order valence-corrected chi connectivity index (χ4v) is 3.55. The topological polar surface area (TPSA) is 80.5 Å². The van der Waals surface area contributed by atoms with Crippen molar-refractivity contribution in [1.29, 1.82) is 0 Å². The maximum absolute atomic E-state index is 13.1. The lowest BCUT2D eigenvalue weighted by atomic mass is 9.89. The molecule has 0 bridgehead atoms. The molecule has 0 aromatic carbocycles. The number of hydrogen-bond donors (Lipinski definition) is 1. The molecule has 2 aromatic rings. The van der Waals surface area contributed by atoms with Gasteiger partial charge in [0.25, 0.3) is 0 Å². The summed E-state index contributed by atoms with van der Waals surface area (Å²) in [6.07, 6.45) is 5.34. The summed E-state index contributed by atoms with van der Waals surface area (Å²) in [6.45, 7) is 1.48. The number of fused-ring (bicyclic) bond motifs is 1. The van der Waals surface area contributed by atoms with Crippen molar-refractivity contribution < 1.29 is 18.3 Å². The molecule has 0 radical (unpaired) electrons. The molecule has 3 atom stereocenters. The number of nitrogens with zero attached hydrogens (tertiary/aromatic N) is 3. The Morgan fingerprint density at radius 3 is 3.00 bits per heavy atom. The largest absolute Gasteiger partial charge is 0.467 e. The fraction of sp³-hybridized carbons (Fsp3) is 0.471. The molecule has 0 saturated carbocycles. The van der Waals surface area contributed by atoms with Crippen LogP contribution in [0, 0.1) is 11.7 Å². The summed E-state index contributed by atoms with van der Waals surface area (Å²) < 4.78 is 24.2. The van der Waals surface area contributed by atoms with Gasteiger partial charge < -0.3 is 19.4 Å². The van der Waals surface area contributed by atoms with Gasteiger partial charge in [0.2, 0.25) is 11.9 Å². The second-order valence-corrected chi connectivity index (χ2v) is 6.35. The Kier molecular flexibility index (Phi) is 4.35. The summed E-state index contributed by atoms with van der Waals surface area (Å²) in [7, 11) is 0. The lowest BCUT2D eigenvalue weighted by Crippen LogP contribution is -2.53. The van der Waals surface area contributed by atoms with E-state index in [0.717, 1.165) is 18.8 Å². The van der Waals surface area contributed by atoms with Crippen molar-refractivity contribution in [2.45, 2.75) is 31.5 Å². The first-order valence-corrected chi connectivity index (χ1v) is 8.36. The molecule has 4 heterocycles. The number of aromatic nitrogens is 2. The molecule has 7 nitrogen and oxygen atoms in total. The van der Waals surface area contributed by atoms with Crippen molar-refractivity contribution in [1.82, 2.24) is 15.3 Å². The third kappa shape index (κ3) is 3.34. The summed E-state index contributed by atoms with van der Waals surface area (Å²) in [6, 6.07) is 3.72. The Hall–Kier alpha value is -2.48. The lowest BCUT2D eigenvalue weighted by molar-refractivity contribution is -0.126. The zero-order valence-electron chi connectivity index (χ0n) is 13.6. The van der Waals surface area contributed by atoms with Crippen LogP contribution in [0.5, 0.6) is 0 Å². The van der Waals surface area contributed by atoms with E-state index in [1.165, 1.54) is 0 Å². The Morgan fingerprint density at radius 1 is 1.40 bits per heavy atom. The van der Waals surface area contributed by atoms with Crippen molar-refractivity contribution in [3.05, 3.63) is 42.4 Å². The van der Waals surface area contributed by atoms with Gasteiger partial charge in [0.1, 0.15) is 5.76 Å². The summed E-state index contributed by atoms with van der Waals surface area (Å²) in [5.74, 6) is 0.358. The number of piperidine rings is 1. The van der Waals surface area contributed by atoms with E-state index in [1.807, 2.05) is 11.0 Å². The van der Waals surface area contributed by atoms with E-state index in [0.29, 0.717) is 37.8 Å². The highest BCUT2D eigenvalue weighted by Gasteiger charge is 2.43. The number of nitrogens with one attached hydrogen (secondary N) is 1. The zero-order valence-corrected chi connectivity index (χ0v) is 13.6. The van der Waals surface area contributed by atoms with Crippen LogP contribution >= 0.6 is 0 Å². The smallest absolute Gasteiger partial charge is 0.225 e. The van der Waals surface area contributed by atoms with Crippen LogP contribution in [-0.4, -0.2) is 41.2 Å². The summed E-state index contributed by atoms with van der Waals surface area (Å²) in [5.41, 5.74) is 0. The first kappa shape index (κ1) is 16.0. The Bertz CT molecular complexity index is 722. The van der Waals surface area contributed by atoms with Crippen LogP contribution < -0.4 is 10.2 Å². The van der Waals surface area contributed by atoms with Crippen LogP contribution in [0.1, 0.15) is 18.6 Å². The van der Waals surface area contributed by atoms with Crippen LogP contribution in [0.2, 0.25) is 0 Å². The number of ether oxygens (including phenoxy) is 1. The first-order chi connectivity index (χ1) is 12.2. The molecule has 2 aliphatic heterocycles. The summed E-state index contributed by atoms with van der Waals surface area (Å²) in [4.78, 5) is 22.7. The predicted octanol–water partition coefficient (Wildman–Crippen LogP) is 1.51. The monoisotopic (exact) mass is 346 g/mol. The molecular formula is C17H19FN4O3. The number of rotatable bonds is 4. The van der Waals surface area contributed by atoms with Crippen LogP contribution in [0.3, 0.4) is 0 Å². The predicted molar refractivity (Wildman–Crippen MR) is 86.1 cm³/mol. The van der Waals surface area contributed by atoms with Crippen molar-refractivity contribution in [2.24, 2.45) is 5.92 Å². The molecule has 2 aliphatic rings. The van der Waals surface area contributed by atoms with Gasteiger partial charge in [-0.05, 0) is 25.0 Å². The molecule has 2 saturated heterocycles. The van der Waals surface area contributed by atoms with Gasteiger partial charge in [-0.25, -0.2) is 14.4 Å². The maximum Gasteiger partial charge on any atom is 0.225 e. The van der Waals surface area contributed by atoms with Gasteiger partial charge in [0, 0.05) is 13.2 Å². The first-order valence-electron chi connectivity index (χ1n) is 8.36. The molecule has 1 amide bonds. The second-order valence-electron chi connectivity index (χ2n) is 6.35. The van der Waals surface area contributed by atoms with E-state index in [2.05, 4.69) is 15.3 Å². The van der Waals surface area contributed by atoms with Gasteiger partial charge in [-0.2, -0.15) is 0 Å². The van der Waals surface area contributed by atoms with E-state index in [1.54, 1.807) is 12.3 Å². The average Bonchev–Trinajstić information content (AvgIpc) is 3.31. The standard InChI is InChI=1S/C17H19FN4O3/c18-12-7-20-17(21-8-12)22-10-11(6-15-14(22)3-5-25-15)16(23)19-9-13-2-1-4-24-13/h1-2,4,7-8,11,14-15H,3,5-6,9-10H2,(H,19,23)/t11-,14+,15+/m0/s1. The molecule has 2 aromatic heterocycles. The molecule has 4 rings (SSSR count). The van der Waals surface area contributed by atoms with Crippen LogP contribution in [-0.2, 0) is 16.1 Å². The Labute approximate surface area is 144 Å². The lowest BCUT2D eigenvalue weighted by Gasteiger charge is -2.40. The Balaban J connectivity index is 1.47. The summed E-state index contributed by atoms with van der Waals surface area (Å²) >= 11 is 0. The average molecular weight is 346 g/mol. The molecule has 25 heavy (non-hydrogen) atoms. The number of anilines is 1. The molecule has 0 spiro atoms. The third-order valence-electron chi connectivity index (χ3n) is 4.76. The number of halogens is 1. The molecular weight excluding hydrogens is 327 g/mol. The van der Waals surface area contributed by atoms with Gasteiger partial charge in [-0.1, -0.05) is 0 Å². The number of furan rings is 1. The van der Waals surface area contributed by atoms with E-state index in [-0.39, 0.29) is 24.0 Å². The van der Waals surface area contributed by atoms with Gasteiger partial charge in [0.15, 0.2) is 5.82 Å². The number of hydrogen-bond acceptors (Lipinski definition) is 6. The highest BCUT2D eigenvalue weighted by Crippen LogP contribution is 2.33. The van der Waals surface area contributed by atoms with Gasteiger partial charge in [0.05, 0.1) is 43.3 Å². The minimum Gasteiger partial charge on any atom is -0.467 e. The number of carbonyl (C=O) groups excluding carboxylic acids is 1. The second kappa shape index (κ2) is 6.79. The fourth-order valence-electron chi connectivity index (χ4n) is 3.55. The minimum absolute atomic E-state index is 0.0400. The third-order valence-corrected chi connectivity index (χ3v) is 4.76. The molecule has 132 valence electrons. The van der Waals surface area contributed by atoms with E-state index in [9.17, 15) is 9.18 Å². The van der Waals surface area contributed by atoms with Crippen LogP contribution in [0.4, 0.5) is 10.3 Å². The highest BCUT2D eigenvalue weighted by molar-refractivity contribution is 5.79. The molecule has 8 heteroatoms. The van der Waals surface area contributed by atoms with Gasteiger partial charge >= 0.3 is 0 Å². The molecule has 1 N–H and O–H groups in total. The highest BCUT2D eigenvalue weighted by atomic mass is 19.1. The van der Waals surface area contributed by atoms with Crippen molar-refractivity contribution in [3.63, 3.8) is 0 Å². The minimum atomic E-state index is -0.479. The van der Waals surface area contributed by atoms with Gasteiger partial charge in [-0.3, -0.25) is 4.79 Å². The van der Waals surface area contributed by atoms with Crippen molar-refractivity contribution in [3.8, 4) is 0 Å². The summed E-state index contributed by atoms with van der Waals surface area (Å²) in [5, 5.41) is 2.90. The normalized spacial score (nSPS) is 25.6.